The molecule has 1 heterocycles. The van der Waals surface area contributed by atoms with Crippen LogP contribution in [0.2, 0.25) is 0 Å². The highest BCUT2D eigenvalue weighted by Gasteiger charge is 2.31. The fraction of sp³-hybridized carbons (Fsp3) is 0.588. The normalized spacial score (nSPS) is 23.0. The first-order valence-corrected chi connectivity index (χ1v) is 7.81. The molecule has 0 radical (unpaired) electrons. The molecule has 1 aromatic rings. The second-order valence-electron chi connectivity index (χ2n) is 5.90. The van der Waals surface area contributed by atoms with Gasteiger partial charge in [0.25, 0.3) is 0 Å². The molecule has 1 aliphatic heterocycles. The molecule has 1 aliphatic carbocycles. The maximum Gasteiger partial charge on any atom is 0.327 e. The summed E-state index contributed by atoms with van der Waals surface area (Å²) in [6.45, 7) is 1.52. The van der Waals surface area contributed by atoms with Crippen molar-refractivity contribution < 1.29 is 14.3 Å². The fourth-order valence-corrected chi connectivity index (χ4v) is 3.03. The summed E-state index contributed by atoms with van der Waals surface area (Å²) < 4.78 is 10.6. The maximum atomic E-state index is 12.2. The van der Waals surface area contributed by atoms with Gasteiger partial charge >= 0.3 is 5.97 Å². The SMILES string of the molecule is COC(=O)C(NCC1CCCO1)c1ccccc1C1CC1. The third kappa shape index (κ3) is 3.44. The molecule has 0 amide bonds. The van der Waals surface area contributed by atoms with E-state index >= 15 is 0 Å². The summed E-state index contributed by atoms with van der Waals surface area (Å²) in [5, 5.41) is 3.35. The average molecular weight is 289 g/mol. The Morgan fingerprint density at radius 1 is 1.38 bits per heavy atom. The molecule has 2 atom stereocenters. The van der Waals surface area contributed by atoms with Gasteiger partial charge in [0.1, 0.15) is 6.04 Å². The first-order valence-electron chi connectivity index (χ1n) is 7.81. The van der Waals surface area contributed by atoms with Crippen molar-refractivity contribution in [1.29, 1.82) is 0 Å². The van der Waals surface area contributed by atoms with Crippen LogP contribution in [0.3, 0.4) is 0 Å². The summed E-state index contributed by atoms with van der Waals surface area (Å²) in [7, 11) is 1.45. The Balaban J connectivity index is 1.76. The van der Waals surface area contributed by atoms with E-state index < -0.39 is 6.04 Å². The van der Waals surface area contributed by atoms with Crippen molar-refractivity contribution in [1.82, 2.24) is 5.32 Å². The Morgan fingerprint density at radius 2 is 2.19 bits per heavy atom. The van der Waals surface area contributed by atoms with Gasteiger partial charge in [-0.15, -0.1) is 0 Å². The molecule has 1 saturated heterocycles. The van der Waals surface area contributed by atoms with E-state index in [1.807, 2.05) is 18.2 Å². The molecule has 0 spiro atoms. The van der Waals surface area contributed by atoms with Crippen LogP contribution in [0.1, 0.15) is 48.8 Å². The van der Waals surface area contributed by atoms with Gasteiger partial charge in [-0.25, -0.2) is 4.79 Å². The standard InChI is InChI=1S/C17H23NO3/c1-20-17(19)16(18-11-13-5-4-10-21-13)15-7-3-2-6-14(15)12-8-9-12/h2-3,6-7,12-13,16,18H,4-5,8-11H2,1H3. The zero-order chi connectivity index (χ0) is 14.7. The average Bonchev–Trinajstić information content (AvgIpc) is 3.24. The Bertz CT molecular complexity index is 493. The van der Waals surface area contributed by atoms with Crippen LogP contribution < -0.4 is 5.32 Å². The monoisotopic (exact) mass is 289 g/mol. The molecule has 2 fully saturated rings. The Kier molecular flexibility index (Phi) is 4.56. The number of hydrogen-bond donors (Lipinski definition) is 1. The van der Waals surface area contributed by atoms with Gasteiger partial charge in [0.15, 0.2) is 0 Å². The minimum absolute atomic E-state index is 0.213. The third-order valence-corrected chi connectivity index (χ3v) is 4.33. The molecule has 2 aliphatic rings. The van der Waals surface area contributed by atoms with E-state index in [1.165, 1.54) is 25.5 Å². The van der Waals surface area contributed by atoms with Crippen LogP contribution in [-0.4, -0.2) is 32.3 Å². The lowest BCUT2D eigenvalue weighted by Gasteiger charge is -2.21. The Morgan fingerprint density at radius 3 is 2.86 bits per heavy atom. The molecule has 0 aromatic heterocycles. The number of ether oxygens (including phenoxy) is 2. The maximum absolute atomic E-state index is 12.2. The van der Waals surface area contributed by atoms with Gasteiger partial charge in [0.2, 0.25) is 0 Å². The Hall–Kier alpha value is -1.39. The van der Waals surface area contributed by atoms with Crippen LogP contribution >= 0.6 is 0 Å². The van der Waals surface area contributed by atoms with Crippen molar-refractivity contribution >= 4 is 5.97 Å². The molecule has 3 rings (SSSR count). The number of hydrogen-bond acceptors (Lipinski definition) is 4. The van der Waals surface area contributed by atoms with Crippen molar-refractivity contribution in [3.8, 4) is 0 Å². The summed E-state index contributed by atoms with van der Waals surface area (Å²) in [5.74, 6) is 0.388. The first kappa shape index (κ1) is 14.5. The minimum Gasteiger partial charge on any atom is -0.468 e. The smallest absolute Gasteiger partial charge is 0.327 e. The summed E-state index contributed by atoms with van der Waals surface area (Å²) in [5.41, 5.74) is 2.34. The number of carbonyl (C=O) groups is 1. The van der Waals surface area contributed by atoms with Crippen LogP contribution in [0.15, 0.2) is 24.3 Å². The van der Waals surface area contributed by atoms with Crippen LogP contribution in [0, 0.1) is 0 Å². The van der Waals surface area contributed by atoms with Crippen LogP contribution in [0.5, 0.6) is 0 Å². The van der Waals surface area contributed by atoms with Crippen LogP contribution in [0.25, 0.3) is 0 Å². The van der Waals surface area contributed by atoms with Crippen molar-refractivity contribution in [2.24, 2.45) is 0 Å². The van der Waals surface area contributed by atoms with Crippen molar-refractivity contribution in [2.45, 2.75) is 43.7 Å². The third-order valence-electron chi connectivity index (χ3n) is 4.33. The molecule has 1 saturated carbocycles. The number of methoxy groups -OCH3 is 1. The van der Waals surface area contributed by atoms with Crippen LogP contribution in [-0.2, 0) is 14.3 Å². The number of nitrogens with one attached hydrogen (secondary N) is 1. The van der Waals surface area contributed by atoms with Crippen molar-refractivity contribution in [3.05, 3.63) is 35.4 Å². The molecule has 114 valence electrons. The minimum atomic E-state index is -0.393. The van der Waals surface area contributed by atoms with Gasteiger partial charge in [-0.05, 0) is 42.7 Å². The van der Waals surface area contributed by atoms with E-state index in [-0.39, 0.29) is 12.1 Å². The predicted molar refractivity (Wildman–Crippen MR) is 80.2 cm³/mol. The molecular formula is C17H23NO3. The largest absolute Gasteiger partial charge is 0.468 e. The molecule has 1 N–H and O–H groups in total. The highest BCUT2D eigenvalue weighted by molar-refractivity contribution is 5.78. The van der Waals surface area contributed by atoms with E-state index in [0.717, 1.165) is 25.0 Å². The quantitative estimate of drug-likeness (QED) is 0.818. The first-order chi connectivity index (χ1) is 10.3. The van der Waals surface area contributed by atoms with Gasteiger partial charge in [0, 0.05) is 13.2 Å². The summed E-state index contributed by atoms with van der Waals surface area (Å²) >= 11 is 0. The fourth-order valence-electron chi connectivity index (χ4n) is 3.03. The van der Waals surface area contributed by atoms with Gasteiger partial charge in [-0.3, -0.25) is 5.32 Å². The molecule has 2 unspecified atom stereocenters. The molecule has 0 bridgehead atoms. The molecule has 4 nitrogen and oxygen atoms in total. The zero-order valence-corrected chi connectivity index (χ0v) is 12.5. The molecule has 1 aromatic carbocycles. The van der Waals surface area contributed by atoms with E-state index in [2.05, 4.69) is 11.4 Å². The summed E-state index contributed by atoms with van der Waals surface area (Å²) in [6.07, 6.45) is 4.82. The van der Waals surface area contributed by atoms with Crippen molar-refractivity contribution in [2.75, 3.05) is 20.3 Å². The predicted octanol–water partition coefficient (Wildman–Crippen LogP) is 2.55. The molecule has 4 heteroatoms. The zero-order valence-electron chi connectivity index (χ0n) is 12.5. The lowest BCUT2D eigenvalue weighted by Crippen LogP contribution is -2.35. The number of carbonyl (C=O) groups excluding carboxylic acids is 1. The van der Waals surface area contributed by atoms with E-state index in [0.29, 0.717) is 12.5 Å². The Labute approximate surface area is 125 Å². The van der Waals surface area contributed by atoms with Gasteiger partial charge in [0.05, 0.1) is 13.2 Å². The number of benzene rings is 1. The molecule has 21 heavy (non-hydrogen) atoms. The van der Waals surface area contributed by atoms with Crippen LogP contribution in [0.4, 0.5) is 0 Å². The highest BCUT2D eigenvalue weighted by Crippen LogP contribution is 2.43. The molecular weight excluding hydrogens is 266 g/mol. The number of rotatable bonds is 6. The van der Waals surface area contributed by atoms with Gasteiger partial charge in [-0.2, -0.15) is 0 Å². The van der Waals surface area contributed by atoms with Gasteiger partial charge < -0.3 is 9.47 Å². The number of esters is 1. The summed E-state index contributed by atoms with van der Waals surface area (Å²) in [4.78, 5) is 12.2. The second-order valence-corrected chi connectivity index (χ2v) is 5.90. The van der Waals surface area contributed by atoms with Crippen molar-refractivity contribution in [3.63, 3.8) is 0 Å². The topological polar surface area (TPSA) is 47.6 Å². The second kappa shape index (κ2) is 6.58. The lowest BCUT2D eigenvalue weighted by atomic mass is 9.97. The summed E-state index contributed by atoms with van der Waals surface area (Å²) in [6, 6.07) is 7.82. The van der Waals surface area contributed by atoms with E-state index in [4.69, 9.17) is 9.47 Å². The van der Waals surface area contributed by atoms with Gasteiger partial charge in [-0.1, -0.05) is 24.3 Å². The van der Waals surface area contributed by atoms with E-state index in [1.54, 1.807) is 0 Å². The van der Waals surface area contributed by atoms with E-state index in [9.17, 15) is 4.79 Å². The lowest BCUT2D eigenvalue weighted by molar-refractivity contribution is -0.143. The highest BCUT2D eigenvalue weighted by atomic mass is 16.5.